The van der Waals surface area contributed by atoms with E-state index < -0.39 is 10.2 Å². The van der Waals surface area contributed by atoms with Gasteiger partial charge in [0.25, 0.3) is 10.2 Å². The quantitative estimate of drug-likeness (QED) is 0.741. The van der Waals surface area contributed by atoms with E-state index in [9.17, 15) is 8.42 Å². The minimum absolute atomic E-state index is 0.0607. The average molecular weight is 292 g/mol. The van der Waals surface area contributed by atoms with E-state index in [-0.39, 0.29) is 24.4 Å². The molecule has 0 spiro atoms. The van der Waals surface area contributed by atoms with Crippen molar-refractivity contribution >= 4 is 10.2 Å². The lowest BCUT2D eigenvalue weighted by Crippen LogP contribution is -2.57. The summed E-state index contributed by atoms with van der Waals surface area (Å²) >= 11 is 0. The van der Waals surface area contributed by atoms with Crippen LogP contribution in [0.5, 0.6) is 0 Å². The lowest BCUT2D eigenvalue weighted by molar-refractivity contribution is -0.0567. The second-order valence-electron chi connectivity index (χ2n) is 5.66. The van der Waals surface area contributed by atoms with Gasteiger partial charge >= 0.3 is 0 Å². The van der Waals surface area contributed by atoms with E-state index in [2.05, 4.69) is 0 Å². The van der Waals surface area contributed by atoms with Gasteiger partial charge in [-0.1, -0.05) is 0 Å². The summed E-state index contributed by atoms with van der Waals surface area (Å²) in [7, 11) is -3.41. The van der Waals surface area contributed by atoms with Crippen molar-refractivity contribution in [1.82, 2.24) is 8.61 Å². The van der Waals surface area contributed by atoms with Crippen LogP contribution in [0, 0.1) is 0 Å². The van der Waals surface area contributed by atoms with Crippen LogP contribution in [0.15, 0.2) is 0 Å². The molecule has 2 rings (SSSR count). The first-order chi connectivity index (χ1) is 8.79. The van der Waals surface area contributed by atoms with Gasteiger partial charge in [-0.25, -0.2) is 0 Å². The summed E-state index contributed by atoms with van der Waals surface area (Å²) in [4.78, 5) is 0. The van der Waals surface area contributed by atoms with E-state index in [0.717, 1.165) is 0 Å². The maximum absolute atomic E-state index is 12.7. The molecule has 2 aliphatic heterocycles. The fourth-order valence-corrected chi connectivity index (χ4v) is 4.72. The van der Waals surface area contributed by atoms with Crippen LogP contribution in [-0.2, 0) is 19.7 Å². The number of hydrogen-bond donors (Lipinski definition) is 0. The van der Waals surface area contributed by atoms with Crippen molar-refractivity contribution < 1.29 is 17.9 Å². The summed E-state index contributed by atoms with van der Waals surface area (Å²) in [6.07, 6.45) is -0.243. The highest BCUT2D eigenvalue weighted by molar-refractivity contribution is 7.86. The molecule has 0 aliphatic carbocycles. The summed E-state index contributed by atoms with van der Waals surface area (Å²) in [5.41, 5.74) is 0. The molecule has 4 atom stereocenters. The fourth-order valence-electron chi connectivity index (χ4n) is 2.80. The Morgan fingerprint density at radius 2 is 1.00 bits per heavy atom. The van der Waals surface area contributed by atoms with Gasteiger partial charge in [0.15, 0.2) is 0 Å². The van der Waals surface area contributed by atoms with Crippen molar-refractivity contribution in [3.05, 3.63) is 0 Å². The highest BCUT2D eigenvalue weighted by Gasteiger charge is 2.38. The van der Waals surface area contributed by atoms with Gasteiger partial charge in [-0.15, -0.1) is 0 Å². The zero-order chi connectivity index (χ0) is 14.2. The molecule has 0 saturated carbocycles. The van der Waals surface area contributed by atoms with E-state index in [4.69, 9.17) is 9.47 Å². The van der Waals surface area contributed by atoms with Crippen LogP contribution < -0.4 is 0 Å². The van der Waals surface area contributed by atoms with Crippen LogP contribution in [0.3, 0.4) is 0 Å². The summed E-state index contributed by atoms with van der Waals surface area (Å²) in [5.74, 6) is 0. The largest absolute Gasteiger partial charge is 0.373 e. The number of rotatable bonds is 2. The Morgan fingerprint density at radius 3 is 1.26 bits per heavy atom. The van der Waals surface area contributed by atoms with Crippen molar-refractivity contribution in [3.63, 3.8) is 0 Å². The Bertz CT molecular complexity index is 362. The molecule has 6 nitrogen and oxygen atoms in total. The SMILES string of the molecule is C[C@@H]1CN(S(=O)(=O)N2C[C@@H](C)O[C@@H](C)C2)C[C@@H](C)O1. The van der Waals surface area contributed by atoms with Gasteiger partial charge in [0.2, 0.25) is 0 Å². The van der Waals surface area contributed by atoms with Gasteiger partial charge in [-0.2, -0.15) is 17.0 Å². The number of morpholine rings is 2. The number of nitrogens with zero attached hydrogens (tertiary/aromatic N) is 2. The van der Waals surface area contributed by atoms with Gasteiger partial charge in [-0.05, 0) is 27.7 Å². The topological polar surface area (TPSA) is 59.1 Å². The molecule has 0 unspecified atom stereocenters. The molecule has 112 valence electrons. The third kappa shape index (κ3) is 3.46. The van der Waals surface area contributed by atoms with E-state index in [1.807, 2.05) is 27.7 Å². The van der Waals surface area contributed by atoms with Crippen LogP contribution in [0.25, 0.3) is 0 Å². The average Bonchev–Trinajstić information content (AvgIpc) is 2.26. The standard InChI is InChI=1S/C12H24N2O4S/c1-9-5-13(6-10(2)17-9)19(15,16)14-7-11(3)18-12(4)8-14/h9-12H,5-8H2,1-4H3/t9-,10-,11-,12+/m1/s1. The molecule has 0 aromatic heterocycles. The molecule has 0 N–H and O–H groups in total. The van der Waals surface area contributed by atoms with Crippen LogP contribution in [0.2, 0.25) is 0 Å². The van der Waals surface area contributed by atoms with E-state index in [0.29, 0.717) is 26.2 Å². The molecule has 19 heavy (non-hydrogen) atoms. The molecule has 2 aliphatic rings. The van der Waals surface area contributed by atoms with Gasteiger partial charge in [0, 0.05) is 26.2 Å². The predicted molar refractivity (Wildman–Crippen MR) is 72.1 cm³/mol. The molecular formula is C12H24N2O4S. The zero-order valence-electron chi connectivity index (χ0n) is 12.1. The van der Waals surface area contributed by atoms with Crippen LogP contribution in [0.1, 0.15) is 27.7 Å². The molecule has 7 heteroatoms. The molecule has 0 radical (unpaired) electrons. The Hall–Kier alpha value is -0.210. The monoisotopic (exact) mass is 292 g/mol. The molecule has 2 fully saturated rings. The minimum Gasteiger partial charge on any atom is -0.373 e. The highest BCUT2D eigenvalue weighted by Crippen LogP contribution is 2.21. The van der Waals surface area contributed by atoms with E-state index >= 15 is 0 Å². The first-order valence-electron chi connectivity index (χ1n) is 6.85. The predicted octanol–water partition coefficient (Wildman–Crippen LogP) is 0.450. The van der Waals surface area contributed by atoms with Crippen LogP contribution in [-0.4, -0.2) is 67.6 Å². The molecule has 0 aromatic rings. The second-order valence-corrected chi connectivity index (χ2v) is 7.58. The Morgan fingerprint density at radius 1 is 0.737 bits per heavy atom. The third-order valence-electron chi connectivity index (χ3n) is 3.42. The van der Waals surface area contributed by atoms with Gasteiger partial charge < -0.3 is 9.47 Å². The third-order valence-corrected chi connectivity index (χ3v) is 5.33. The van der Waals surface area contributed by atoms with Crippen molar-refractivity contribution in [2.45, 2.75) is 52.1 Å². The smallest absolute Gasteiger partial charge is 0.282 e. The highest BCUT2D eigenvalue weighted by atomic mass is 32.2. The Balaban J connectivity index is 2.12. The normalized spacial score (nSPS) is 39.4. The Kier molecular flexibility index (Phi) is 4.52. The van der Waals surface area contributed by atoms with Crippen molar-refractivity contribution in [2.75, 3.05) is 26.2 Å². The summed E-state index contributed by atoms with van der Waals surface area (Å²) in [6, 6.07) is 0. The Labute approximate surface area is 115 Å². The lowest BCUT2D eigenvalue weighted by atomic mass is 10.3. The first kappa shape index (κ1) is 15.2. The minimum atomic E-state index is -3.41. The first-order valence-corrected chi connectivity index (χ1v) is 8.25. The molecule has 0 amide bonds. The van der Waals surface area contributed by atoms with Crippen LogP contribution in [0.4, 0.5) is 0 Å². The fraction of sp³-hybridized carbons (Fsp3) is 1.00. The van der Waals surface area contributed by atoms with Crippen molar-refractivity contribution in [2.24, 2.45) is 0 Å². The van der Waals surface area contributed by atoms with Crippen molar-refractivity contribution in [3.8, 4) is 0 Å². The van der Waals surface area contributed by atoms with E-state index in [1.54, 1.807) is 0 Å². The summed E-state index contributed by atoms with van der Waals surface area (Å²) in [6.45, 7) is 9.32. The van der Waals surface area contributed by atoms with E-state index in [1.165, 1.54) is 8.61 Å². The maximum atomic E-state index is 12.7. The number of hydrogen-bond acceptors (Lipinski definition) is 4. The van der Waals surface area contributed by atoms with Gasteiger partial charge in [-0.3, -0.25) is 0 Å². The molecular weight excluding hydrogens is 268 g/mol. The molecule has 2 heterocycles. The van der Waals surface area contributed by atoms with Crippen molar-refractivity contribution in [1.29, 1.82) is 0 Å². The lowest BCUT2D eigenvalue weighted by Gasteiger charge is -2.40. The summed E-state index contributed by atoms with van der Waals surface area (Å²) in [5, 5.41) is 0. The van der Waals surface area contributed by atoms with Gasteiger partial charge in [0.05, 0.1) is 24.4 Å². The zero-order valence-corrected chi connectivity index (χ0v) is 12.9. The summed E-state index contributed by atoms with van der Waals surface area (Å²) < 4.78 is 39.6. The van der Waals surface area contributed by atoms with Crippen LogP contribution >= 0.6 is 0 Å². The number of ether oxygens (including phenoxy) is 2. The van der Waals surface area contributed by atoms with Gasteiger partial charge in [0.1, 0.15) is 0 Å². The maximum Gasteiger partial charge on any atom is 0.282 e. The molecule has 2 saturated heterocycles. The molecule has 0 aromatic carbocycles. The molecule has 0 bridgehead atoms. The second kappa shape index (κ2) is 5.65.